The van der Waals surface area contributed by atoms with Gasteiger partial charge in [0.25, 0.3) is 5.91 Å². The monoisotopic (exact) mass is 748 g/mol. The summed E-state index contributed by atoms with van der Waals surface area (Å²) in [4.78, 5) is 56.6. The van der Waals surface area contributed by atoms with Crippen molar-refractivity contribution in [1.29, 1.82) is 0 Å². The fourth-order valence-electron chi connectivity index (χ4n) is 6.54. The van der Waals surface area contributed by atoms with Crippen LogP contribution in [0.2, 0.25) is 0 Å². The first-order chi connectivity index (χ1) is 24.5. The molecule has 52 heavy (non-hydrogen) atoms. The number of piperazine rings is 1. The molecule has 0 aromatic heterocycles. The maximum Gasteiger partial charge on any atom is 0.349 e. The van der Waals surface area contributed by atoms with E-state index in [0.717, 1.165) is 30.9 Å². The van der Waals surface area contributed by atoms with Crippen molar-refractivity contribution in [2.45, 2.75) is 69.4 Å². The number of anilines is 2. The number of alkyl halides is 2. The maximum atomic E-state index is 15.7. The molecule has 4 rings (SSSR count). The Morgan fingerprint density at radius 3 is 2.27 bits per heavy atom. The number of hydrogen-bond acceptors (Lipinski definition) is 7. The Morgan fingerprint density at radius 2 is 1.67 bits per heavy atom. The molecule has 2 aliphatic rings. The number of carbonyl (C=O) groups excluding carboxylic acids is 4. The Balaban J connectivity index is 1.56. The summed E-state index contributed by atoms with van der Waals surface area (Å²) in [5.41, 5.74) is -0.940. The maximum absolute atomic E-state index is 15.7. The first-order valence-corrected chi connectivity index (χ1v) is 19.2. The smallest absolute Gasteiger partial charge is 0.343 e. The van der Waals surface area contributed by atoms with Gasteiger partial charge < -0.3 is 25.8 Å². The Morgan fingerprint density at radius 1 is 1.00 bits per heavy atom. The van der Waals surface area contributed by atoms with Crippen molar-refractivity contribution in [3.05, 3.63) is 72.1 Å². The highest BCUT2D eigenvalue weighted by Gasteiger charge is 2.44. The number of nitrogens with one attached hydrogen (secondary N) is 4. The molecular weight excluding hydrogens is 701 g/mol. The van der Waals surface area contributed by atoms with Crippen molar-refractivity contribution >= 4 is 45.0 Å². The zero-order chi connectivity index (χ0) is 38.2. The van der Waals surface area contributed by atoms with Crippen LogP contribution in [-0.4, -0.2) is 93.4 Å². The highest BCUT2D eigenvalue weighted by Crippen LogP contribution is 2.33. The molecule has 0 radical (unpaired) electrons. The van der Waals surface area contributed by atoms with Crippen LogP contribution in [0.5, 0.6) is 0 Å². The Kier molecular flexibility index (Phi) is 13.5. The molecule has 2 aromatic rings. The molecule has 1 aliphatic carbocycles. The SMILES string of the molecule is C=C[C@@H](c1ccc(NC(=O)[C@@H](NC(=O)C(F)(F)c2cccc(NS(C)(=O)=O)c2)C2CCCCC2)c(F)c1)[C@@H](NC(=O)CC)C(=O)N1CCN(C)CC1. The van der Waals surface area contributed by atoms with Gasteiger partial charge in [-0.3, -0.25) is 23.9 Å². The molecule has 4 N–H and O–H groups in total. The second kappa shape index (κ2) is 17.4. The first-order valence-electron chi connectivity index (χ1n) is 17.3. The highest BCUT2D eigenvalue weighted by atomic mass is 32.2. The van der Waals surface area contributed by atoms with Crippen molar-refractivity contribution in [2.24, 2.45) is 5.92 Å². The summed E-state index contributed by atoms with van der Waals surface area (Å²) in [5, 5.41) is 7.40. The standard InChI is InChI=1S/C36H47F3N6O6S/c1-5-27(32(41-30(46)6-2)34(48)45-19-17-44(3)18-20-45)24-15-16-29(28(37)21-24)40-33(47)31(23-11-8-7-9-12-23)42-35(49)36(38,39)25-13-10-14-26(22-25)43-52(4,50)51/h5,10,13-16,21-23,27,31-32,43H,1,6-9,11-12,17-20H2,2-4H3,(H,40,47)(H,41,46)(H,42,49)/t27-,31-,32+/m0/s1. The summed E-state index contributed by atoms with van der Waals surface area (Å²) < 4.78 is 72.1. The van der Waals surface area contributed by atoms with Gasteiger partial charge in [0, 0.05) is 49.8 Å². The van der Waals surface area contributed by atoms with Crippen molar-refractivity contribution in [3.8, 4) is 0 Å². The third-order valence-electron chi connectivity index (χ3n) is 9.47. The van der Waals surface area contributed by atoms with Crippen LogP contribution in [0.15, 0.2) is 55.1 Å². The topological polar surface area (TPSA) is 157 Å². The minimum absolute atomic E-state index is 0.118. The van der Waals surface area contributed by atoms with E-state index in [1.807, 2.05) is 7.05 Å². The number of benzene rings is 2. The van der Waals surface area contributed by atoms with E-state index in [1.165, 1.54) is 30.3 Å². The molecule has 1 aliphatic heterocycles. The third kappa shape index (κ3) is 10.3. The molecule has 284 valence electrons. The summed E-state index contributed by atoms with van der Waals surface area (Å²) >= 11 is 0. The van der Waals surface area contributed by atoms with Gasteiger partial charge in [-0.2, -0.15) is 8.78 Å². The molecule has 16 heteroatoms. The number of sulfonamides is 1. The molecule has 2 aromatic carbocycles. The normalized spacial score (nSPS) is 17.7. The zero-order valence-corrected chi connectivity index (χ0v) is 30.4. The Labute approximate surface area is 302 Å². The van der Waals surface area contributed by atoms with E-state index >= 15 is 13.2 Å². The minimum atomic E-state index is -4.15. The molecule has 0 spiro atoms. The first kappa shape index (κ1) is 40.3. The van der Waals surface area contributed by atoms with Gasteiger partial charge in [0.15, 0.2) is 0 Å². The van der Waals surface area contributed by atoms with Crippen LogP contribution in [0.25, 0.3) is 0 Å². The fraction of sp³-hybridized carbons (Fsp3) is 0.500. The van der Waals surface area contributed by atoms with E-state index < -0.39 is 63.1 Å². The van der Waals surface area contributed by atoms with Gasteiger partial charge in [-0.25, -0.2) is 12.8 Å². The molecule has 12 nitrogen and oxygen atoms in total. The van der Waals surface area contributed by atoms with Crippen LogP contribution in [0.1, 0.15) is 62.5 Å². The van der Waals surface area contributed by atoms with Gasteiger partial charge in [-0.15, -0.1) is 6.58 Å². The molecule has 0 bridgehead atoms. The Hall–Kier alpha value is -4.44. The van der Waals surface area contributed by atoms with Crippen LogP contribution in [0, 0.1) is 11.7 Å². The molecule has 3 atom stereocenters. The van der Waals surface area contributed by atoms with E-state index in [-0.39, 0.29) is 29.6 Å². The van der Waals surface area contributed by atoms with E-state index in [1.54, 1.807) is 11.8 Å². The predicted octanol–water partition coefficient (Wildman–Crippen LogP) is 3.93. The van der Waals surface area contributed by atoms with Crippen molar-refractivity contribution in [2.75, 3.05) is 49.5 Å². The van der Waals surface area contributed by atoms with Crippen LogP contribution < -0.4 is 20.7 Å². The van der Waals surface area contributed by atoms with Gasteiger partial charge >= 0.3 is 5.92 Å². The van der Waals surface area contributed by atoms with E-state index in [9.17, 15) is 27.6 Å². The number of nitrogens with zero attached hydrogens (tertiary/aromatic N) is 2. The lowest BCUT2D eigenvalue weighted by atomic mass is 9.83. The average molecular weight is 749 g/mol. The van der Waals surface area contributed by atoms with E-state index in [2.05, 4.69) is 32.2 Å². The number of hydrogen-bond donors (Lipinski definition) is 4. The van der Waals surface area contributed by atoms with Crippen molar-refractivity contribution in [3.63, 3.8) is 0 Å². The Bertz CT molecular complexity index is 1750. The largest absolute Gasteiger partial charge is 0.349 e. The van der Waals surface area contributed by atoms with Gasteiger partial charge in [0.1, 0.15) is 17.9 Å². The van der Waals surface area contributed by atoms with Crippen LogP contribution >= 0.6 is 0 Å². The van der Waals surface area contributed by atoms with Gasteiger partial charge in [0.05, 0.1) is 11.9 Å². The second-order valence-electron chi connectivity index (χ2n) is 13.4. The van der Waals surface area contributed by atoms with E-state index in [4.69, 9.17) is 0 Å². The number of likely N-dealkylation sites (N-methyl/N-ethyl adjacent to an activating group) is 1. The van der Waals surface area contributed by atoms with Crippen molar-refractivity contribution in [1.82, 2.24) is 20.4 Å². The lowest BCUT2D eigenvalue weighted by molar-refractivity contribution is -0.149. The summed E-state index contributed by atoms with van der Waals surface area (Å²) in [6, 6.07) is 5.58. The summed E-state index contributed by atoms with van der Waals surface area (Å²) in [6.07, 6.45) is 5.62. The van der Waals surface area contributed by atoms with Crippen LogP contribution in [-0.2, 0) is 35.1 Å². The third-order valence-corrected chi connectivity index (χ3v) is 10.1. The minimum Gasteiger partial charge on any atom is -0.343 e. The average Bonchev–Trinajstić information content (AvgIpc) is 3.11. The van der Waals surface area contributed by atoms with Gasteiger partial charge in [-0.05, 0) is 55.6 Å². The lowest BCUT2D eigenvalue weighted by Crippen LogP contribution is -2.55. The molecule has 4 amide bonds. The molecule has 1 saturated heterocycles. The lowest BCUT2D eigenvalue weighted by Gasteiger charge is -2.36. The molecule has 0 unspecified atom stereocenters. The van der Waals surface area contributed by atoms with Crippen LogP contribution in [0.4, 0.5) is 24.5 Å². The zero-order valence-electron chi connectivity index (χ0n) is 29.6. The second-order valence-corrected chi connectivity index (χ2v) is 15.1. The molecule has 2 fully saturated rings. The van der Waals surface area contributed by atoms with Crippen LogP contribution in [0.3, 0.4) is 0 Å². The molecular formula is C36H47F3N6O6S. The molecule has 1 saturated carbocycles. The number of rotatable bonds is 14. The summed E-state index contributed by atoms with van der Waals surface area (Å²) in [7, 11) is -1.84. The highest BCUT2D eigenvalue weighted by molar-refractivity contribution is 7.92. The summed E-state index contributed by atoms with van der Waals surface area (Å²) in [6.45, 7) is 7.70. The predicted molar refractivity (Wildman–Crippen MR) is 192 cm³/mol. The number of halogens is 3. The summed E-state index contributed by atoms with van der Waals surface area (Å²) in [5.74, 6) is -9.76. The van der Waals surface area contributed by atoms with Crippen molar-refractivity contribution < 1.29 is 40.8 Å². The molecule has 1 heterocycles. The number of carbonyl (C=O) groups is 4. The quantitative estimate of drug-likeness (QED) is 0.214. The van der Waals surface area contributed by atoms with E-state index in [0.29, 0.717) is 57.4 Å². The number of amides is 4. The fourth-order valence-corrected chi connectivity index (χ4v) is 7.09. The van der Waals surface area contributed by atoms with Gasteiger partial charge in [0.2, 0.25) is 27.7 Å². The van der Waals surface area contributed by atoms with Gasteiger partial charge in [-0.1, -0.05) is 50.5 Å².